The van der Waals surface area contributed by atoms with Crippen molar-refractivity contribution >= 4 is 18.1 Å². The average molecular weight is 273 g/mol. The van der Waals surface area contributed by atoms with Crippen LogP contribution in [-0.2, 0) is 9.53 Å². The van der Waals surface area contributed by atoms with Gasteiger partial charge in [-0.2, -0.15) is 0 Å². The molecule has 0 bridgehead atoms. The van der Waals surface area contributed by atoms with Gasteiger partial charge in [0.25, 0.3) is 5.91 Å². The van der Waals surface area contributed by atoms with Crippen molar-refractivity contribution in [1.29, 1.82) is 0 Å². The predicted octanol–water partition coefficient (Wildman–Crippen LogP) is 3.09. The Bertz CT molecular complexity index is 528. The zero-order chi connectivity index (χ0) is 14.8. The van der Waals surface area contributed by atoms with E-state index in [1.807, 2.05) is 51.1 Å². The summed E-state index contributed by atoms with van der Waals surface area (Å²) < 4.78 is 5.01. The SMILES string of the molecule is CC(C)(C)[C@H]1COC(=O)N1C(=O)/C=C/c1ccccc1. The van der Waals surface area contributed by atoms with Crippen molar-refractivity contribution in [3.8, 4) is 0 Å². The molecule has 4 nitrogen and oxygen atoms in total. The summed E-state index contributed by atoms with van der Waals surface area (Å²) in [4.78, 5) is 25.2. The maximum Gasteiger partial charge on any atom is 0.417 e. The van der Waals surface area contributed by atoms with Crippen LogP contribution in [0, 0.1) is 5.41 Å². The number of rotatable bonds is 2. The minimum Gasteiger partial charge on any atom is -0.447 e. The highest BCUT2D eigenvalue weighted by Crippen LogP contribution is 2.29. The normalized spacial score (nSPS) is 19.4. The Morgan fingerprint density at radius 1 is 1.30 bits per heavy atom. The zero-order valence-electron chi connectivity index (χ0n) is 12.0. The van der Waals surface area contributed by atoms with Crippen LogP contribution in [0.1, 0.15) is 26.3 Å². The molecule has 0 aliphatic carbocycles. The third-order valence-corrected chi connectivity index (χ3v) is 3.33. The van der Waals surface area contributed by atoms with Crippen molar-refractivity contribution in [1.82, 2.24) is 4.90 Å². The van der Waals surface area contributed by atoms with Gasteiger partial charge in [-0.25, -0.2) is 9.69 Å². The second-order valence-electron chi connectivity index (χ2n) is 5.91. The molecule has 106 valence electrons. The van der Waals surface area contributed by atoms with Crippen LogP contribution in [0.4, 0.5) is 4.79 Å². The van der Waals surface area contributed by atoms with Gasteiger partial charge in [-0.15, -0.1) is 0 Å². The van der Waals surface area contributed by atoms with Gasteiger partial charge in [-0.05, 0) is 17.1 Å². The number of hydrogen-bond donors (Lipinski definition) is 0. The van der Waals surface area contributed by atoms with Crippen LogP contribution in [0.2, 0.25) is 0 Å². The second-order valence-corrected chi connectivity index (χ2v) is 5.91. The van der Waals surface area contributed by atoms with Gasteiger partial charge in [0.2, 0.25) is 0 Å². The Morgan fingerprint density at radius 3 is 2.55 bits per heavy atom. The van der Waals surface area contributed by atoms with Gasteiger partial charge >= 0.3 is 6.09 Å². The maximum absolute atomic E-state index is 12.2. The summed E-state index contributed by atoms with van der Waals surface area (Å²) in [6.45, 7) is 6.22. The Hall–Kier alpha value is -2.10. The summed E-state index contributed by atoms with van der Waals surface area (Å²) in [5.41, 5.74) is 0.711. The van der Waals surface area contributed by atoms with Gasteiger partial charge < -0.3 is 4.74 Å². The molecule has 0 spiro atoms. The minimum atomic E-state index is -0.562. The highest BCUT2D eigenvalue weighted by molar-refractivity contribution is 6.02. The number of cyclic esters (lactones) is 1. The molecule has 1 heterocycles. The Labute approximate surface area is 119 Å². The fraction of sp³-hybridized carbons (Fsp3) is 0.375. The summed E-state index contributed by atoms with van der Waals surface area (Å²) in [6, 6.07) is 9.26. The Kier molecular flexibility index (Phi) is 3.93. The number of nitrogens with zero attached hydrogens (tertiary/aromatic N) is 1. The van der Waals surface area contributed by atoms with Crippen LogP contribution in [0.25, 0.3) is 6.08 Å². The van der Waals surface area contributed by atoms with Crippen LogP contribution in [0.5, 0.6) is 0 Å². The van der Waals surface area contributed by atoms with Gasteiger partial charge in [0.05, 0.1) is 6.04 Å². The molecule has 4 heteroatoms. The molecule has 1 fully saturated rings. The van der Waals surface area contributed by atoms with E-state index < -0.39 is 6.09 Å². The largest absolute Gasteiger partial charge is 0.447 e. The Balaban J connectivity index is 2.15. The molecule has 1 saturated heterocycles. The zero-order valence-corrected chi connectivity index (χ0v) is 12.0. The maximum atomic E-state index is 12.2. The van der Waals surface area contributed by atoms with E-state index in [1.54, 1.807) is 6.08 Å². The number of ether oxygens (including phenoxy) is 1. The lowest BCUT2D eigenvalue weighted by Gasteiger charge is -2.30. The van der Waals surface area contributed by atoms with E-state index in [0.717, 1.165) is 5.56 Å². The molecule has 0 unspecified atom stereocenters. The van der Waals surface area contributed by atoms with Crippen LogP contribution >= 0.6 is 0 Å². The molecular weight excluding hydrogens is 254 g/mol. The number of benzene rings is 1. The fourth-order valence-corrected chi connectivity index (χ4v) is 2.11. The summed E-state index contributed by atoms with van der Waals surface area (Å²) in [7, 11) is 0. The minimum absolute atomic E-state index is 0.206. The van der Waals surface area contributed by atoms with Crippen molar-refractivity contribution in [2.75, 3.05) is 6.61 Å². The molecule has 0 N–H and O–H groups in total. The fourth-order valence-electron chi connectivity index (χ4n) is 2.11. The third kappa shape index (κ3) is 3.07. The molecule has 0 aromatic heterocycles. The number of hydrogen-bond acceptors (Lipinski definition) is 3. The summed E-state index contributed by atoms with van der Waals surface area (Å²) in [5, 5.41) is 0. The molecule has 0 radical (unpaired) electrons. The van der Waals surface area contributed by atoms with Crippen LogP contribution in [0.3, 0.4) is 0 Å². The van der Waals surface area contributed by atoms with Gasteiger partial charge in [0.15, 0.2) is 0 Å². The lowest BCUT2D eigenvalue weighted by atomic mass is 9.86. The molecule has 1 aliphatic heterocycles. The molecule has 2 amide bonds. The molecule has 1 aromatic rings. The highest BCUT2D eigenvalue weighted by atomic mass is 16.6. The monoisotopic (exact) mass is 273 g/mol. The van der Waals surface area contributed by atoms with Crippen molar-refractivity contribution in [2.24, 2.45) is 5.41 Å². The smallest absolute Gasteiger partial charge is 0.417 e. The number of amides is 2. The molecule has 20 heavy (non-hydrogen) atoms. The van der Waals surface area contributed by atoms with E-state index in [-0.39, 0.29) is 24.0 Å². The molecular formula is C16H19NO3. The van der Waals surface area contributed by atoms with E-state index >= 15 is 0 Å². The van der Waals surface area contributed by atoms with Crippen molar-refractivity contribution in [3.63, 3.8) is 0 Å². The summed E-state index contributed by atoms with van der Waals surface area (Å²) in [5.74, 6) is -0.337. The lowest BCUT2D eigenvalue weighted by molar-refractivity contribution is -0.125. The van der Waals surface area contributed by atoms with Gasteiger partial charge in [-0.1, -0.05) is 51.1 Å². The first-order valence-corrected chi connectivity index (χ1v) is 6.62. The van der Waals surface area contributed by atoms with Gasteiger partial charge in [0, 0.05) is 6.08 Å². The topological polar surface area (TPSA) is 46.6 Å². The van der Waals surface area contributed by atoms with Crippen LogP contribution in [-0.4, -0.2) is 29.5 Å². The molecule has 2 rings (SSSR count). The van der Waals surface area contributed by atoms with Gasteiger partial charge in [0.1, 0.15) is 6.61 Å². The first kappa shape index (κ1) is 14.3. The lowest BCUT2D eigenvalue weighted by Crippen LogP contribution is -2.45. The highest BCUT2D eigenvalue weighted by Gasteiger charge is 2.43. The first-order valence-electron chi connectivity index (χ1n) is 6.62. The van der Waals surface area contributed by atoms with Crippen LogP contribution < -0.4 is 0 Å². The van der Waals surface area contributed by atoms with E-state index in [9.17, 15) is 9.59 Å². The standard InChI is InChI=1S/C16H19NO3/c1-16(2,3)13-11-20-15(19)17(13)14(18)10-9-12-7-5-4-6-8-12/h4-10,13H,11H2,1-3H3/b10-9+/t13-/m1/s1. The quantitative estimate of drug-likeness (QED) is 0.778. The molecule has 0 saturated carbocycles. The van der Waals surface area contributed by atoms with Crippen molar-refractivity contribution < 1.29 is 14.3 Å². The number of imide groups is 1. The third-order valence-electron chi connectivity index (χ3n) is 3.33. The molecule has 1 aliphatic rings. The van der Waals surface area contributed by atoms with Crippen molar-refractivity contribution in [3.05, 3.63) is 42.0 Å². The second kappa shape index (κ2) is 5.49. The summed E-state index contributed by atoms with van der Waals surface area (Å²) >= 11 is 0. The first-order chi connectivity index (χ1) is 9.39. The summed E-state index contributed by atoms with van der Waals surface area (Å²) in [6.07, 6.45) is 2.56. The Morgan fingerprint density at radius 2 is 1.95 bits per heavy atom. The van der Waals surface area contributed by atoms with E-state index in [4.69, 9.17) is 4.74 Å². The predicted molar refractivity (Wildman–Crippen MR) is 76.9 cm³/mol. The van der Waals surface area contributed by atoms with E-state index in [0.29, 0.717) is 0 Å². The molecule has 1 atom stereocenters. The van der Waals surface area contributed by atoms with E-state index in [1.165, 1.54) is 11.0 Å². The van der Waals surface area contributed by atoms with Gasteiger partial charge in [-0.3, -0.25) is 4.79 Å². The molecule has 1 aromatic carbocycles. The number of carbonyl (C=O) groups excluding carboxylic acids is 2. The number of carbonyl (C=O) groups is 2. The van der Waals surface area contributed by atoms with Crippen LogP contribution in [0.15, 0.2) is 36.4 Å². The van der Waals surface area contributed by atoms with Crippen molar-refractivity contribution in [2.45, 2.75) is 26.8 Å². The van der Waals surface area contributed by atoms with E-state index in [2.05, 4.69) is 0 Å². The average Bonchev–Trinajstić information content (AvgIpc) is 2.79.